The Kier molecular flexibility index (Phi) is 12.4. The molecule has 5 rings (SSSR count). The number of alkyl carbamates (subject to hydrolysis) is 1. The Morgan fingerprint density at radius 2 is 1.87 bits per heavy atom. The van der Waals surface area contributed by atoms with Crippen LogP contribution in [0.5, 0.6) is 5.75 Å². The normalized spacial score (nSPS) is 19.5. The first-order valence-corrected chi connectivity index (χ1v) is 19.6. The summed E-state index contributed by atoms with van der Waals surface area (Å²) in [5.41, 5.74) is 5.52. The first-order valence-electron chi connectivity index (χ1n) is 16.5. The molecule has 2 heterocycles. The van der Waals surface area contributed by atoms with Crippen LogP contribution in [0.4, 0.5) is 10.5 Å². The summed E-state index contributed by atoms with van der Waals surface area (Å²) in [4.78, 5) is 28.0. The molecule has 0 radical (unpaired) electrons. The number of carbonyl (C=O) groups excluding carboxylic acids is 2. The molecule has 1 saturated heterocycles. The van der Waals surface area contributed by atoms with Gasteiger partial charge in [-0.15, -0.1) is 0 Å². The monoisotopic (exact) mass is 743 g/mol. The number of carbonyl (C=O) groups is 2. The van der Waals surface area contributed by atoms with Crippen LogP contribution in [0.25, 0.3) is 11.1 Å². The molecule has 0 bridgehead atoms. The van der Waals surface area contributed by atoms with E-state index in [0.717, 1.165) is 67.6 Å². The van der Waals surface area contributed by atoms with E-state index in [0.29, 0.717) is 18.4 Å². The van der Waals surface area contributed by atoms with Crippen LogP contribution in [0.3, 0.4) is 0 Å². The van der Waals surface area contributed by atoms with Gasteiger partial charge in [-0.25, -0.2) is 4.79 Å². The summed E-state index contributed by atoms with van der Waals surface area (Å²) >= 11 is 0.258. The van der Waals surface area contributed by atoms with E-state index in [1.54, 1.807) is 7.11 Å². The Balaban J connectivity index is 1.28. The van der Waals surface area contributed by atoms with Crippen LogP contribution in [-0.2, 0) is 9.53 Å². The molecule has 2 aromatic carbocycles. The fraction of sp³-hybridized carbons (Fsp3) is 0.528. The number of amides is 2. The summed E-state index contributed by atoms with van der Waals surface area (Å²) in [6, 6.07) is 14.8. The third kappa shape index (κ3) is 8.82. The number of benzene rings is 2. The maximum atomic E-state index is 14.1. The predicted octanol–water partition coefficient (Wildman–Crippen LogP) is 2.95. The fourth-order valence-corrected chi connectivity index (χ4v) is 9.56. The number of alkyl halides is 2. The van der Waals surface area contributed by atoms with Crippen molar-refractivity contribution in [1.29, 1.82) is 0 Å². The SMILES string of the molecule is COc1ccc(C2CCC(CN(C(=O)C3CC[I-]CC3)c3cccc(-c4cnn(C(C)CNC(=O)OCCO)c4)c3)CC2)cc1C. The molecule has 1 aliphatic heterocycles. The Labute approximate surface area is 283 Å². The van der Waals surface area contributed by atoms with Crippen LogP contribution in [0.15, 0.2) is 54.9 Å². The van der Waals surface area contributed by atoms with E-state index in [9.17, 15) is 9.59 Å². The van der Waals surface area contributed by atoms with Crippen LogP contribution in [0, 0.1) is 18.8 Å². The van der Waals surface area contributed by atoms with Gasteiger partial charge in [0.05, 0.1) is 13.7 Å². The van der Waals surface area contributed by atoms with Crippen LogP contribution < -0.4 is 36.2 Å². The van der Waals surface area contributed by atoms with E-state index in [-0.39, 0.29) is 52.3 Å². The smallest absolute Gasteiger partial charge is 0.0361 e. The molecule has 1 saturated carbocycles. The minimum absolute atomic E-state index is 0.0329. The Hall–Kier alpha value is -3.12. The Morgan fingerprint density at radius 3 is 2.59 bits per heavy atom. The minimum atomic E-state index is -0.560. The van der Waals surface area contributed by atoms with Gasteiger partial charge in [0.25, 0.3) is 0 Å². The Morgan fingerprint density at radius 1 is 1.09 bits per heavy atom. The van der Waals surface area contributed by atoms with Gasteiger partial charge in [0.15, 0.2) is 0 Å². The number of hydrogen-bond acceptors (Lipinski definition) is 6. The molecule has 2 amide bonds. The second-order valence-electron chi connectivity index (χ2n) is 12.6. The zero-order valence-corrected chi connectivity index (χ0v) is 29.4. The molecule has 46 heavy (non-hydrogen) atoms. The number of nitrogens with one attached hydrogen (secondary N) is 1. The molecule has 1 aliphatic carbocycles. The number of aliphatic hydroxyl groups excluding tert-OH is 1. The topological polar surface area (TPSA) is 106 Å². The number of methoxy groups -OCH3 is 1. The summed E-state index contributed by atoms with van der Waals surface area (Å²) in [6.45, 7) is 4.95. The van der Waals surface area contributed by atoms with Crippen molar-refractivity contribution >= 4 is 17.7 Å². The molecule has 3 aromatic rings. The second-order valence-corrected chi connectivity index (χ2v) is 15.8. The zero-order valence-electron chi connectivity index (χ0n) is 27.3. The molecule has 2 N–H and O–H groups in total. The molecular weight excluding hydrogens is 695 g/mol. The number of aliphatic hydroxyl groups is 1. The van der Waals surface area contributed by atoms with Crippen molar-refractivity contribution in [3.05, 3.63) is 66.0 Å². The van der Waals surface area contributed by atoms with E-state index in [1.807, 2.05) is 30.1 Å². The van der Waals surface area contributed by atoms with Crippen molar-refractivity contribution in [2.24, 2.45) is 11.8 Å². The van der Waals surface area contributed by atoms with Crippen molar-refractivity contribution in [3.63, 3.8) is 0 Å². The molecule has 250 valence electrons. The molecule has 0 spiro atoms. The summed E-state index contributed by atoms with van der Waals surface area (Å²) in [5, 5.41) is 16.1. The van der Waals surface area contributed by atoms with Crippen molar-refractivity contribution < 1.29 is 45.4 Å². The number of anilines is 1. The van der Waals surface area contributed by atoms with Crippen molar-refractivity contribution in [2.45, 2.75) is 64.3 Å². The van der Waals surface area contributed by atoms with Gasteiger partial charge in [-0.2, -0.15) is 0 Å². The number of nitrogens with zero attached hydrogens (tertiary/aromatic N) is 3. The number of rotatable bonds is 12. The fourth-order valence-electron chi connectivity index (χ4n) is 6.63. The van der Waals surface area contributed by atoms with E-state index in [2.05, 4.69) is 58.6 Å². The van der Waals surface area contributed by atoms with Gasteiger partial charge in [0, 0.05) is 6.54 Å². The van der Waals surface area contributed by atoms with Crippen LogP contribution >= 0.6 is 0 Å². The average molecular weight is 744 g/mol. The van der Waals surface area contributed by atoms with Crippen molar-refractivity contribution in [1.82, 2.24) is 15.1 Å². The molecule has 10 heteroatoms. The molecular formula is C36H48IN4O5-. The third-order valence-corrected chi connectivity index (χ3v) is 12.2. The first-order chi connectivity index (χ1) is 22.4. The van der Waals surface area contributed by atoms with E-state index < -0.39 is 6.09 Å². The van der Waals surface area contributed by atoms with Gasteiger partial charge in [0.2, 0.25) is 0 Å². The van der Waals surface area contributed by atoms with E-state index >= 15 is 0 Å². The number of halogens is 1. The second kappa shape index (κ2) is 16.6. The maximum absolute atomic E-state index is 14.1. The molecule has 2 aliphatic rings. The molecule has 1 atom stereocenters. The zero-order chi connectivity index (χ0) is 32.5. The number of ether oxygens (including phenoxy) is 2. The van der Waals surface area contributed by atoms with Crippen LogP contribution in [0.2, 0.25) is 0 Å². The molecule has 1 aromatic heterocycles. The average Bonchev–Trinajstić information content (AvgIpc) is 3.60. The summed E-state index contributed by atoms with van der Waals surface area (Å²) in [6.07, 6.45) is 9.80. The van der Waals surface area contributed by atoms with Gasteiger partial charge in [-0.05, 0) is 25.5 Å². The quantitative estimate of drug-likeness (QED) is 0.219. The Bertz CT molecular complexity index is 1450. The molecule has 2 fully saturated rings. The minimum Gasteiger partial charge on any atom is -0.0361 e. The van der Waals surface area contributed by atoms with Crippen molar-refractivity contribution in [2.75, 3.05) is 47.2 Å². The third-order valence-electron chi connectivity index (χ3n) is 9.39. The number of hydrogen-bond donors (Lipinski definition) is 2. The van der Waals surface area contributed by atoms with Crippen LogP contribution in [-0.4, -0.2) is 69.2 Å². The standard InChI is InChI=1S/C36H48IN4O5/c1-25-19-31(11-12-34(25)45-3)28-9-7-27(8-10-28)23-40(35(43)29-13-15-37-16-14-29)33-6-4-5-30(20-33)32-22-39-41(24-32)26(2)21-38-36(44)46-18-17-42/h4-6,11-12,19-20,22,24,26-29,42H,7-10,13-18,21,23H2,1-3H3,(H,38,44)/q-1. The van der Waals surface area contributed by atoms with Gasteiger partial charge >= 0.3 is 202 Å². The number of aryl methyl sites for hydroxylation is 1. The van der Waals surface area contributed by atoms with Crippen molar-refractivity contribution in [3.8, 4) is 16.9 Å². The van der Waals surface area contributed by atoms with Gasteiger partial charge in [-0.3, -0.25) is 0 Å². The van der Waals surface area contributed by atoms with E-state index in [4.69, 9.17) is 14.6 Å². The molecule has 1 unspecified atom stereocenters. The number of aromatic nitrogens is 2. The molecule has 9 nitrogen and oxygen atoms in total. The van der Waals surface area contributed by atoms with Gasteiger partial charge in [-0.1, -0.05) is 0 Å². The predicted molar refractivity (Wildman–Crippen MR) is 176 cm³/mol. The summed E-state index contributed by atoms with van der Waals surface area (Å²) in [7, 11) is 1.72. The van der Waals surface area contributed by atoms with Gasteiger partial charge in [0.1, 0.15) is 12.4 Å². The van der Waals surface area contributed by atoms with E-state index in [1.165, 1.54) is 20.0 Å². The first kappa shape index (κ1) is 34.2. The van der Waals surface area contributed by atoms with Crippen LogP contribution in [0.1, 0.15) is 68.5 Å². The summed E-state index contributed by atoms with van der Waals surface area (Å²) in [5.74, 6) is 2.37. The summed E-state index contributed by atoms with van der Waals surface area (Å²) < 4.78 is 14.7. The van der Waals surface area contributed by atoms with Gasteiger partial charge < -0.3 is 19.9 Å².